The Kier molecular flexibility index (Phi) is 9.50. The molecule has 0 fully saturated rings. The fourth-order valence-corrected chi connectivity index (χ4v) is 4.53. The predicted octanol–water partition coefficient (Wildman–Crippen LogP) is 3.09. The number of rotatable bonds is 12. The van der Waals surface area contributed by atoms with Crippen molar-refractivity contribution in [1.82, 2.24) is 9.03 Å². The highest BCUT2D eigenvalue weighted by molar-refractivity contribution is 7.87. The van der Waals surface area contributed by atoms with Gasteiger partial charge in [0.1, 0.15) is 0 Å². The summed E-state index contributed by atoms with van der Waals surface area (Å²) in [5, 5.41) is 1.86. The van der Waals surface area contributed by atoms with E-state index in [1.54, 1.807) is 0 Å². The fraction of sp³-hybridized carbons (Fsp3) is 0.688. The van der Waals surface area contributed by atoms with Gasteiger partial charge in [0.2, 0.25) is 0 Å². The molecule has 24 heavy (non-hydrogen) atoms. The molecule has 1 atom stereocenters. The summed E-state index contributed by atoms with van der Waals surface area (Å²) in [5.41, 5.74) is 0. The third kappa shape index (κ3) is 6.88. The molecule has 0 spiro atoms. The first-order chi connectivity index (χ1) is 11.4. The maximum Gasteiger partial charge on any atom is 0.307 e. The zero-order valence-corrected chi connectivity index (χ0v) is 16.3. The van der Waals surface area contributed by atoms with Crippen LogP contribution < -0.4 is 4.72 Å². The van der Waals surface area contributed by atoms with E-state index >= 15 is 0 Å². The van der Waals surface area contributed by atoms with Crippen molar-refractivity contribution in [3.05, 3.63) is 22.4 Å². The molecular weight excluding hydrogens is 348 g/mol. The molecule has 0 aliphatic rings. The van der Waals surface area contributed by atoms with Crippen molar-refractivity contribution in [3.63, 3.8) is 0 Å². The molecule has 138 valence electrons. The Bertz CT molecular complexity index is 565. The maximum absolute atomic E-state index is 12.8. The summed E-state index contributed by atoms with van der Waals surface area (Å²) in [6.07, 6.45) is 3.45. The number of esters is 1. The van der Waals surface area contributed by atoms with E-state index in [0.29, 0.717) is 13.1 Å². The SMILES string of the molecule is CCCCN(CCCC)S(=O)(=O)NC(CC(=O)OC)c1cccs1. The summed E-state index contributed by atoms with van der Waals surface area (Å²) >= 11 is 1.42. The highest BCUT2D eigenvalue weighted by atomic mass is 32.2. The Morgan fingerprint density at radius 3 is 2.38 bits per heavy atom. The van der Waals surface area contributed by atoms with E-state index in [2.05, 4.69) is 4.72 Å². The van der Waals surface area contributed by atoms with Gasteiger partial charge in [0.25, 0.3) is 10.2 Å². The van der Waals surface area contributed by atoms with Crippen molar-refractivity contribution in [2.24, 2.45) is 0 Å². The lowest BCUT2D eigenvalue weighted by atomic mass is 10.2. The number of nitrogens with zero attached hydrogens (tertiary/aromatic N) is 1. The summed E-state index contributed by atoms with van der Waals surface area (Å²) in [6.45, 7) is 5.04. The van der Waals surface area contributed by atoms with Crippen LogP contribution in [0.25, 0.3) is 0 Å². The van der Waals surface area contributed by atoms with Crippen LogP contribution in [0.4, 0.5) is 0 Å². The molecule has 6 nitrogen and oxygen atoms in total. The van der Waals surface area contributed by atoms with Crippen molar-refractivity contribution in [1.29, 1.82) is 0 Å². The van der Waals surface area contributed by atoms with Crippen LogP contribution in [0, 0.1) is 0 Å². The lowest BCUT2D eigenvalue weighted by molar-refractivity contribution is -0.141. The summed E-state index contributed by atoms with van der Waals surface area (Å²) in [5.74, 6) is -0.440. The van der Waals surface area contributed by atoms with Crippen molar-refractivity contribution in [3.8, 4) is 0 Å². The Labute approximate surface area is 149 Å². The van der Waals surface area contributed by atoms with Crippen LogP contribution in [-0.2, 0) is 19.7 Å². The molecule has 1 heterocycles. The summed E-state index contributed by atoms with van der Waals surface area (Å²) < 4.78 is 34.4. The van der Waals surface area contributed by atoms with Crippen molar-refractivity contribution < 1.29 is 17.9 Å². The number of carbonyl (C=O) groups is 1. The largest absolute Gasteiger partial charge is 0.469 e. The number of nitrogens with one attached hydrogen (secondary N) is 1. The van der Waals surface area contributed by atoms with Crippen molar-refractivity contribution in [2.45, 2.75) is 52.0 Å². The lowest BCUT2D eigenvalue weighted by Crippen LogP contribution is -2.43. The monoisotopic (exact) mass is 376 g/mol. The number of carbonyl (C=O) groups excluding carboxylic acids is 1. The van der Waals surface area contributed by atoms with Crippen LogP contribution >= 0.6 is 11.3 Å². The second kappa shape index (κ2) is 10.8. The third-order valence-electron chi connectivity index (χ3n) is 3.64. The molecule has 1 rings (SSSR count). The van der Waals surface area contributed by atoms with Crippen LogP contribution in [0.15, 0.2) is 17.5 Å². The zero-order valence-electron chi connectivity index (χ0n) is 14.7. The molecule has 0 aliphatic carbocycles. The highest BCUT2D eigenvalue weighted by Gasteiger charge is 2.27. The van der Waals surface area contributed by atoms with Gasteiger partial charge in [-0.15, -0.1) is 11.3 Å². The molecule has 8 heteroatoms. The van der Waals surface area contributed by atoms with E-state index < -0.39 is 22.2 Å². The molecule has 0 saturated heterocycles. The maximum atomic E-state index is 12.8. The molecule has 0 amide bonds. The van der Waals surface area contributed by atoms with E-state index in [1.165, 1.54) is 22.8 Å². The quantitative estimate of drug-likeness (QED) is 0.569. The molecule has 1 N–H and O–H groups in total. The van der Waals surface area contributed by atoms with Crippen LogP contribution in [0.1, 0.15) is 56.9 Å². The average molecular weight is 377 g/mol. The summed E-state index contributed by atoms with van der Waals surface area (Å²) in [4.78, 5) is 12.5. The van der Waals surface area contributed by atoms with Crippen molar-refractivity contribution >= 4 is 27.5 Å². The van der Waals surface area contributed by atoms with E-state index in [9.17, 15) is 13.2 Å². The van der Waals surface area contributed by atoms with Crippen molar-refractivity contribution in [2.75, 3.05) is 20.2 Å². The molecule has 1 aromatic rings. The van der Waals surface area contributed by atoms with Gasteiger partial charge >= 0.3 is 5.97 Å². The Balaban J connectivity index is 2.92. The first-order valence-electron chi connectivity index (χ1n) is 8.32. The third-order valence-corrected chi connectivity index (χ3v) is 6.25. The molecule has 0 radical (unpaired) electrons. The van der Waals surface area contributed by atoms with Gasteiger partial charge in [-0.1, -0.05) is 32.8 Å². The zero-order chi connectivity index (χ0) is 18.0. The van der Waals surface area contributed by atoms with Gasteiger partial charge in [-0.05, 0) is 24.3 Å². The van der Waals surface area contributed by atoms with Gasteiger partial charge in [0.15, 0.2) is 0 Å². The van der Waals surface area contributed by atoms with Crippen LogP contribution in [0.2, 0.25) is 0 Å². The summed E-state index contributed by atoms with van der Waals surface area (Å²) in [7, 11) is -2.36. The van der Waals surface area contributed by atoms with Crippen LogP contribution in [0.5, 0.6) is 0 Å². The first kappa shape index (κ1) is 21.1. The number of methoxy groups -OCH3 is 1. The number of hydrogen-bond donors (Lipinski definition) is 1. The molecule has 1 unspecified atom stereocenters. The highest BCUT2D eigenvalue weighted by Crippen LogP contribution is 2.24. The fourth-order valence-electron chi connectivity index (χ4n) is 2.22. The minimum absolute atomic E-state index is 0.0222. The Hall–Kier alpha value is -0.960. The van der Waals surface area contributed by atoms with Crippen LogP contribution in [0.3, 0.4) is 0 Å². The Morgan fingerprint density at radius 2 is 1.92 bits per heavy atom. The van der Waals surface area contributed by atoms with Gasteiger partial charge in [-0.3, -0.25) is 4.79 Å². The average Bonchev–Trinajstić information content (AvgIpc) is 3.08. The second-order valence-electron chi connectivity index (χ2n) is 5.58. The van der Waals surface area contributed by atoms with Gasteiger partial charge in [0, 0.05) is 18.0 Å². The van der Waals surface area contributed by atoms with E-state index in [-0.39, 0.29) is 6.42 Å². The first-order valence-corrected chi connectivity index (χ1v) is 10.6. The number of ether oxygens (including phenoxy) is 1. The molecule has 0 aliphatic heterocycles. The van der Waals surface area contributed by atoms with E-state index in [1.807, 2.05) is 31.4 Å². The number of unbranched alkanes of at least 4 members (excludes halogenated alkanes) is 2. The van der Waals surface area contributed by atoms with Gasteiger partial charge in [0.05, 0.1) is 19.6 Å². The smallest absolute Gasteiger partial charge is 0.307 e. The molecule has 0 bridgehead atoms. The number of thiophene rings is 1. The van der Waals surface area contributed by atoms with Crippen LogP contribution in [-0.4, -0.2) is 38.9 Å². The minimum atomic E-state index is -3.66. The van der Waals surface area contributed by atoms with Gasteiger partial charge in [-0.2, -0.15) is 17.4 Å². The molecule has 0 saturated carbocycles. The normalized spacial score (nSPS) is 13.2. The van der Waals surface area contributed by atoms with E-state index in [4.69, 9.17) is 4.74 Å². The molecular formula is C16H28N2O4S2. The second-order valence-corrected chi connectivity index (χ2v) is 8.26. The Morgan fingerprint density at radius 1 is 1.29 bits per heavy atom. The lowest BCUT2D eigenvalue weighted by Gasteiger charge is -2.25. The molecule has 0 aromatic carbocycles. The number of hydrogen-bond acceptors (Lipinski definition) is 5. The van der Waals surface area contributed by atoms with E-state index in [0.717, 1.165) is 30.6 Å². The van der Waals surface area contributed by atoms with Gasteiger partial charge in [-0.25, -0.2) is 0 Å². The summed E-state index contributed by atoms with van der Waals surface area (Å²) in [6, 6.07) is 3.06. The predicted molar refractivity (Wildman–Crippen MR) is 97.1 cm³/mol. The topological polar surface area (TPSA) is 75.7 Å². The van der Waals surface area contributed by atoms with Gasteiger partial charge < -0.3 is 4.74 Å². The molecule has 1 aromatic heterocycles. The minimum Gasteiger partial charge on any atom is -0.469 e. The standard InChI is InChI=1S/C16H28N2O4S2/c1-4-6-10-18(11-7-5-2)24(20,21)17-14(13-16(19)22-3)15-9-8-12-23-15/h8-9,12,14,17H,4-7,10-11,13H2,1-3H3.